The zero-order valence-corrected chi connectivity index (χ0v) is 15.8. The van der Waals surface area contributed by atoms with Gasteiger partial charge in [0.2, 0.25) is 11.8 Å². The number of sulfone groups is 1. The summed E-state index contributed by atoms with van der Waals surface area (Å²) in [6.07, 6.45) is -0.215. The summed E-state index contributed by atoms with van der Waals surface area (Å²) in [4.78, 5) is 12.2. The molecule has 1 aromatic heterocycles. The molecule has 26 heavy (non-hydrogen) atoms. The highest BCUT2D eigenvalue weighted by Gasteiger charge is 2.17. The fraction of sp³-hybridized carbons (Fsp3) is 0.118. The van der Waals surface area contributed by atoms with Gasteiger partial charge < -0.3 is 4.42 Å². The highest BCUT2D eigenvalue weighted by atomic mass is 79.9. The van der Waals surface area contributed by atoms with Gasteiger partial charge in [0.15, 0.2) is 9.84 Å². The molecule has 3 rings (SSSR count). The van der Waals surface area contributed by atoms with E-state index in [1.165, 1.54) is 12.1 Å². The number of hydrogen-bond donors (Lipinski definition) is 1. The van der Waals surface area contributed by atoms with E-state index >= 15 is 0 Å². The van der Waals surface area contributed by atoms with Crippen molar-refractivity contribution in [2.24, 2.45) is 0 Å². The largest absolute Gasteiger partial charge is 0.403 e. The summed E-state index contributed by atoms with van der Waals surface area (Å²) >= 11 is 3.33. The summed E-state index contributed by atoms with van der Waals surface area (Å²) in [5, 5.41) is 10.0. The van der Waals surface area contributed by atoms with Crippen molar-refractivity contribution in [3.63, 3.8) is 0 Å². The van der Waals surface area contributed by atoms with E-state index in [9.17, 15) is 13.2 Å². The van der Waals surface area contributed by atoms with Crippen LogP contribution in [0, 0.1) is 0 Å². The lowest BCUT2D eigenvalue weighted by molar-refractivity contribution is -0.115. The Morgan fingerprint density at radius 2 is 1.73 bits per heavy atom. The van der Waals surface area contributed by atoms with Crippen LogP contribution < -0.4 is 5.32 Å². The average molecular weight is 436 g/mol. The lowest BCUT2D eigenvalue weighted by Crippen LogP contribution is -2.17. The first-order chi connectivity index (χ1) is 12.4. The maximum atomic E-state index is 12.2. The van der Waals surface area contributed by atoms with E-state index < -0.39 is 15.7 Å². The monoisotopic (exact) mass is 435 g/mol. The summed E-state index contributed by atoms with van der Waals surface area (Å²) < 4.78 is 30.6. The van der Waals surface area contributed by atoms with E-state index in [0.29, 0.717) is 5.56 Å². The van der Waals surface area contributed by atoms with Gasteiger partial charge in [0.05, 0.1) is 10.6 Å². The molecule has 0 aliphatic carbocycles. The Balaban J connectivity index is 1.60. The Bertz CT molecular complexity index is 1000. The fourth-order valence-corrected chi connectivity index (χ4v) is 3.66. The Morgan fingerprint density at radius 1 is 1.04 bits per heavy atom. The first-order valence-electron chi connectivity index (χ1n) is 7.61. The SMILES string of the molecule is O=C(CCS(=O)(=O)c1ccccc1)Nc1nnc(-c2ccc(Br)cc2)o1. The van der Waals surface area contributed by atoms with E-state index in [-0.39, 0.29) is 29.0 Å². The van der Waals surface area contributed by atoms with Gasteiger partial charge in [-0.1, -0.05) is 39.2 Å². The maximum absolute atomic E-state index is 12.2. The molecule has 0 saturated carbocycles. The first kappa shape index (κ1) is 18.3. The summed E-state index contributed by atoms with van der Waals surface area (Å²) in [5.41, 5.74) is 0.702. The number of benzene rings is 2. The smallest absolute Gasteiger partial charge is 0.322 e. The van der Waals surface area contributed by atoms with Crippen molar-refractivity contribution in [2.45, 2.75) is 11.3 Å². The van der Waals surface area contributed by atoms with Crippen molar-refractivity contribution in [2.75, 3.05) is 11.1 Å². The number of amides is 1. The summed E-state index contributed by atoms with van der Waals surface area (Å²) in [7, 11) is -3.52. The number of halogens is 1. The van der Waals surface area contributed by atoms with Crippen LogP contribution in [0.15, 0.2) is 68.4 Å². The third-order valence-corrected chi connectivity index (χ3v) is 5.72. The maximum Gasteiger partial charge on any atom is 0.322 e. The van der Waals surface area contributed by atoms with Crippen LogP contribution in [0.2, 0.25) is 0 Å². The van der Waals surface area contributed by atoms with Gasteiger partial charge in [-0.15, -0.1) is 5.10 Å². The number of hydrogen-bond acceptors (Lipinski definition) is 6. The second-order valence-electron chi connectivity index (χ2n) is 5.35. The third-order valence-electron chi connectivity index (χ3n) is 3.46. The molecule has 1 amide bonds. The molecular formula is C17H14BrN3O4S. The zero-order valence-electron chi connectivity index (χ0n) is 13.4. The van der Waals surface area contributed by atoms with Crippen LogP contribution >= 0.6 is 15.9 Å². The van der Waals surface area contributed by atoms with E-state index in [0.717, 1.165) is 4.47 Å². The molecule has 0 unspecified atom stereocenters. The van der Waals surface area contributed by atoms with Crippen molar-refractivity contribution >= 4 is 37.7 Å². The Morgan fingerprint density at radius 3 is 2.42 bits per heavy atom. The minimum Gasteiger partial charge on any atom is -0.403 e. The van der Waals surface area contributed by atoms with E-state index in [1.807, 2.05) is 12.1 Å². The minimum absolute atomic E-state index is 0.0787. The molecule has 9 heteroatoms. The molecule has 0 atom stereocenters. The molecule has 0 bridgehead atoms. The second kappa shape index (κ2) is 7.79. The molecule has 0 fully saturated rings. The molecule has 0 aliphatic heterocycles. The Hall–Kier alpha value is -2.52. The molecule has 3 aromatic rings. The van der Waals surface area contributed by atoms with Crippen molar-refractivity contribution < 1.29 is 17.6 Å². The summed E-state index contributed by atoms with van der Waals surface area (Å²) in [6.45, 7) is 0. The predicted molar refractivity (Wildman–Crippen MR) is 99.2 cm³/mol. The zero-order chi connectivity index (χ0) is 18.6. The van der Waals surface area contributed by atoms with Gasteiger partial charge in [-0.05, 0) is 36.4 Å². The molecule has 1 N–H and O–H groups in total. The molecule has 0 aliphatic rings. The first-order valence-corrected chi connectivity index (χ1v) is 10.1. The van der Waals surface area contributed by atoms with Crippen LogP contribution in [0.4, 0.5) is 6.01 Å². The number of carbonyl (C=O) groups is 1. The van der Waals surface area contributed by atoms with Gasteiger partial charge >= 0.3 is 6.01 Å². The topological polar surface area (TPSA) is 102 Å². The highest BCUT2D eigenvalue weighted by molar-refractivity contribution is 9.10. The normalized spacial score (nSPS) is 11.3. The molecule has 2 aromatic carbocycles. The summed E-state index contributed by atoms with van der Waals surface area (Å²) in [5.74, 6) is -0.573. The Labute approximate surface area is 158 Å². The van der Waals surface area contributed by atoms with Crippen LogP contribution in [0.5, 0.6) is 0 Å². The molecule has 0 saturated heterocycles. The fourth-order valence-electron chi connectivity index (χ4n) is 2.14. The average Bonchev–Trinajstić information content (AvgIpc) is 3.10. The quantitative estimate of drug-likeness (QED) is 0.636. The molecule has 0 spiro atoms. The van der Waals surface area contributed by atoms with Gasteiger partial charge in [0.1, 0.15) is 0 Å². The van der Waals surface area contributed by atoms with Crippen LogP contribution in [-0.4, -0.2) is 30.3 Å². The van der Waals surface area contributed by atoms with Crippen LogP contribution in [0.1, 0.15) is 6.42 Å². The minimum atomic E-state index is -3.52. The summed E-state index contributed by atoms with van der Waals surface area (Å²) in [6, 6.07) is 15.1. The highest BCUT2D eigenvalue weighted by Crippen LogP contribution is 2.22. The molecule has 1 heterocycles. The van der Waals surface area contributed by atoms with Gasteiger partial charge in [-0.2, -0.15) is 0 Å². The van der Waals surface area contributed by atoms with Gasteiger partial charge in [0.25, 0.3) is 0 Å². The number of anilines is 1. The third kappa shape index (κ3) is 4.55. The number of carbonyl (C=O) groups excluding carboxylic acids is 1. The van der Waals surface area contributed by atoms with Crippen molar-refractivity contribution in [3.05, 3.63) is 59.1 Å². The second-order valence-corrected chi connectivity index (χ2v) is 8.37. The Kier molecular flexibility index (Phi) is 5.48. The van der Waals surface area contributed by atoms with Crippen molar-refractivity contribution in [3.8, 4) is 11.5 Å². The van der Waals surface area contributed by atoms with Crippen LogP contribution in [0.3, 0.4) is 0 Å². The van der Waals surface area contributed by atoms with E-state index in [2.05, 4.69) is 31.4 Å². The van der Waals surface area contributed by atoms with Gasteiger partial charge in [-0.3, -0.25) is 10.1 Å². The molecule has 7 nitrogen and oxygen atoms in total. The van der Waals surface area contributed by atoms with Crippen molar-refractivity contribution in [1.29, 1.82) is 0 Å². The van der Waals surface area contributed by atoms with Crippen LogP contribution in [-0.2, 0) is 14.6 Å². The number of rotatable bonds is 6. The van der Waals surface area contributed by atoms with Crippen molar-refractivity contribution in [1.82, 2.24) is 10.2 Å². The number of nitrogens with one attached hydrogen (secondary N) is 1. The van der Waals surface area contributed by atoms with Crippen LogP contribution in [0.25, 0.3) is 11.5 Å². The molecular weight excluding hydrogens is 422 g/mol. The standard InChI is InChI=1S/C17H14BrN3O4S/c18-13-8-6-12(7-9-13)16-20-21-17(25-16)19-15(22)10-11-26(23,24)14-4-2-1-3-5-14/h1-9H,10-11H2,(H,19,21,22). The van der Waals surface area contributed by atoms with E-state index in [1.54, 1.807) is 30.3 Å². The van der Waals surface area contributed by atoms with E-state index in [4.69, 9.17) is 4.42 Å². The lowest BCUT2D eigenvalue weighted by Gasteiger charge is -2.03. The lowest BCUT2D eigenvalue weighted by atomic mass is 10.2. The van der Waals surface area contributed by atoms with Gasteiger partial charge in [-0.25, -0.2) is 8.42 Å². The number of nitrogens with zero attached hydrogens (tertiary/aromatic N) is 2. The predicted octanol–water partition coefficient (Wildman–Crippen LogP) is 3.30. The molecule has 0 radical (unpaired) electrons. The van der Waals surface area contributed by atoms with Gasteiger partial charge in [0, 0.05) is 16.5 Å². The number of aromatic nitrogens is 2. The molecule has 134 valence electrons.